The average Bonchev–Trinajstić information content (AvgIpc) is 3.67. The van der Waals surface area contributed by atoms with Crippen molar-refractivity contribution in [2.45, 2.75) is 0 Å². The number of thiophene rings is 2. The molecule has 0 amide bonds. The van der Waals surface area contributed by atoms with E-state index in [9.17, 15) is 0 Å². The van der Waals surface area contributed by atoms with Crippen molar-refractivity contribution in [2.75, 3.05) is 0 Å². The van der Waals surface area contributed by atoms with E-state index < -0.39 is 0 Å². The lowest BCUT2D eigenvalue weighted by Gasteiger charge is -2.09. The third-order valence-electron chi connectivity index (χ3n) is 8.15. The Kier molecular flexibility index (Phi) is 5.86. The van der Waals surface area contributed by atoms with Crippen LogP contribution >= 0.6 is 22.7 Å². The van der Waals surface area contributed by atoms with Crippen LogP contribution in [0.1, 0.15) is 0 Å². The van der Waals surface area contributed by atoms with Gasteiger partial charge in [-0.3, -0.25) is 0 Å². The summed E-state index contributed by atoms with van der Waals surface area (Å²) in [5.74, 6) is 2.04. The molecule has 0 N–H and O–H groups in total. The number of rotatable bonds is 4. The van der Waals surface area contributed by atoms with Crippen LogP contribution in [0, 0.1) is 0 Å². The molecule has 3 aromatic heterocycles. The third kappa shape index (κ3) is 4.13. The van der Waals surface area contributed by atoms with Gasteiger partial charge in [0, 0.05) is 57.0 Å². The molecular weight excluding hydrogens is 575 g/mol. The number of benzene rings is 6. The topological polar surface area (TPSA) is 38.7 Å². The zero-order chi connectivity index (χ0) is 29.0. The van der Waals surface area contributed by atoms with Gasteiger partial charge >= 0.3 is 0 Å². The smallest absolute Gasteiger partial charge is 0.165 e. The zero-order valence-electron chi connectivity index (χ0n) is 23.4. The highest BCUT2D eigenvalue weighted by Crippen LogP contribution is 2.42. The van der Waals surface area contributed by atoms with Crippen LogP contribution in [0.2, 0.25) is 0 Å². The summed E-state index contributed by atoms with van der Waals surface area (Å²) in [7, 11) is 0. The van der Waals surface area contributed by atoms with Crippen molar-refractivity contribution >= 4 is 63.0 Å². The third-order valence-corrected chi connectivity index (χ3v) is 10.6. The van der Waals surface area contributed by atoms with Crippen LogP contribution in [0.15, 0.2) is 140 Å². The highest BCUT2D eigenvalue weighted by Gasteiger charge is 2.17. The van der Waals surface area contributed by atoms with Gasteiger partial charge in [-0.2, -0.15) is 0 Å². The Morgan fingerprint density at radius 1 is 0.341 bits per heavy atom. The van der Waals surface area contributed by atoms with E-state index in [1.807, 2.05) is 29.5 Å². The first kappa shape index (κ1) is 25.3. The molecule has 0 aliphatic heterocycles. The van der Waals surface area contributed by atoms with E-state index in [1.165, 1.54) is 51.5 Å². The Balaban J connectivity index is 1.25. The van der Waals surface area contributed by atoms with E-state index in [2.05, 4.69) is 121 Å². The SMILES string of the molecule is c1ccc(-c2nc(-c3ccc4c(c3)sc3c(-c5ccccc5)cccc34)nc(-c3cccc4c3sc3ccccc34)n2)cc1. The lowest BCUT2D eigenvalue weighted by molar-refractivity contribution is 1.08. The first-order valence-corrected chi connectivity index (χ1v) is 16.2. The average molecular weight is 598 g/mol. The second kappa shape index (κ2) is 10.2. The lowest BCUT2D eigenvalue weighted by Crippen LogP contribution is -2.00. The number of fused-ring (bicyclic) bond motifs is 6. The van der Waals surface area contributed by atoms with Crippen molar-refractivity contribution in [1.29, 1.82) is 0 Å². The van der Waals surface area contributed by atoms with E-state index in [4.69, 9.17) is 15.0 Å². The van der Waals surface area contributed by atoms with Gasteiger partial charge in [-0.25, -0.2) is 15.0 Å². The van der Waals surface area contributed by atoms with Gasteiger partial charge in [0.1, 0.15) is 0 Å². The number of hydrogen-bond donors (Lipinski definition) is 0. The Bertz CT molecular complexity index is 2500. The van der Waals surface area contributed by atoms with Crippen molar-refractivity contribution in [3.8, 4) is 45.3 Å². The Morgan fingerprint density at radius 2 is 0.886 bits per heavy atom. The maximum atomic E-state index is 5.13. The summed E-state index contributed by atoms with van der Waals surface area (Å²) in [4.78, 5) is 15.2. The maximum absolute atomic E-state index is 5.13. The second-order valence-electron chi connectivity index (χ2n) is 10.8. The molecule has 0 saturated heterocycles. The van der Waals surface area contributed by atoms with Crippen LogP contribution in [0.25, 0.3) is 85.6 Å². The minimum atomic E-state index is 0.673. The second-order valence-corrected chi connectivity index (χ2v) is 12.9. The highest BCUT2D eigenvalue weighted by molar-refractivity contribution is 7.26. The molecule has 0 atom stereocenters. The molecule has 0 unspecified atom stereocenters. The largest absolute Gasteiger partial charge is 0.208 e. The molecule has 9 rings (SSSR count). The molecule has 0 radical (unpaired) electrons. The predicted molar refractivity (Wildman–Crippen MR) is 187 cm³/mol. The van der Waals surface area contributed by atoms with Crippen LogP contribution in [0.4, 0.5) is 0 Å². The molecule has 0 aliphatic rings. The minimum Gasteiger partial charge on any atom is -0.208 e. The van der Waals surface area contributed by atoms with Crippen molar-refractivity contribution in [3.63, 3.8) is 0 Å². The molecular formula is C39H23N3S2. The molecule has 0 spiro atoms. The summed E-state index contributed by atoms with van der Waals surface area (Å²) in [6.07, 6.45) is 0. The van der Waals surface area contributed by atoms with Crippen LogP contribution in [-0.4, -0.2) is 15.0 Å². The monoisotopic (exact) mass is 597 g/mol. The minimum absolute atomic E-state index is 0.673. The number of hydrogen-bond acceptors (Lipinski definition) is 5. The van der Waals surface area contributed by atoms with Gasteiger partial charge in [0.2, 0.25) is 0 Å². The fraction of sp³-hybridized carbons (Fsp3) is 0. The van der Waals surface area contributed by atoms with Crippen molar-refractivity contribution < 1.29 is 0 Å². The molecule has 9 aromatic rings. The summed E-state index contributed by atoms with van der Waals surface area (Å²) in [5.41, 5.74) is 5.47. The van der Waals surface area contributed by atoms with Gasteiger partial charge in [0.15, 0.2) is 17.5 Å². The standard InChI is InChI=1S/C39H23N3S2/c1-3-11-24(12-4-1)27-16-9-17-31-29-22-21-26(23-34(29)44-35(27)31)38-40-37(25-13-5-2-6-14-25)41-39(42-38)32-19-10-18-30-28-15-7-8-20-33(28)43-36(30)32/h1-23H. The Labute approximate surface area is 261 Å². The molecule has 44 heavy (non-hydrogen) atoms. The fourth-order valence-corrected chi connectivity index (χ4v) is 8.54. The Morgan fingerprint density at radius 3 is 1.66 bits per heavy atom. The van der Waals surface area contributed by atoms with E-state index in [0.29, 0.717) is 17.5 Å². The van der Waals surface area contributed by atoms with Gasteiger partial charge in [-0.15, -0.1) is 22.7 Å². The predicted octanol–water partition coefficient (Wildman–Crippen LogP) is 11.3. The molecule has 0 saturated carbocycles. The zero-order valence-corrected chi connectivity index (χ0v) is 25.1. The van der Waals surface area contributed by atoms with Crippen molar-refractivity contribution in [3.05, 3.63) is 140 Å². The van der Waals surface area contributed by atoms with Crippen LogP contribution in [-0.2, 0) is 0 Å². The first-order valence-electron chi connectivity index (χ1n) is 14.5. The summed E-state index contributed by atoms with van der Waals surface area (Å²) in [6, 6.07) is 49.0. The molecule has 206 valence electrons. The molecule has 0 fully saturated rings. The normalized spacial score (nSPS) is 11.6. The Hall–Kier alpha value is -5.23. The quantitative estimate of drug-likeness (QED) is 0.203. The molecule has 3 heterocycles. The van der Waals surface area contributed by atoms with Gasteiger partial charge in [-0.1, -0.05) is 121 Å². The van der Waals surface area contributed by atoms with Crippen molar-refractivity contribution in [1.82, 2.24) is 15.0 Å². The van der Waals surface area contributed by atoms with Gasteiger partial charge in [-0.05, 0) is 29.3 Å². The van der Waals surface area contributed by atoms with Gasteiger partial charge in [0.25, 0.3) is 0 Å². The van der Waals surface area contributed by atoms with Crippen LogP contribution in [0.5, 0.6) is 0 Å². The number of aromatic nitrogens is 3. The van der Waals surface area contributed by atoms with Crippen LogP contribution < -0.4 is 0 Å². The maximum Gasteiger partial charge on any atom is 0.165 e. The fourth-order valence-electron chi connectivity index (χ4n) is 6.05. The van der Waals surface area contributed by atoms with Gasteiger partial charge < -0.3 is 0 Å². The molecule has 5 heteroatoms. The highest BCUT2D eigenvalue weighted by atomic mass is 32.1. The van der Waals surface area contributed by atoms with Crippen LogP contribution in [0.3, 0.4) is 0 Å². The van der Waals surface area contributed by atoms with Gasteiger partial charge in [0.05, 0.1) is 0 Å². The van der Waals surface area contributed by atoms with E-state index >= 15 is 0 Å². The molecule has 0 bridgehead atoms. The molecule has 3 nitrogen and oxygen atoms in total. The summed E-state index contributed by atoms with van der Waals surface area (Å²) in [5, 5.41) is 5.01. The van der Waals surface area contributed by atoms with Crippen molar-refractivity contribution in [2.24, 2.45) is 0 Å². The molecule has 0 aliphatic carbocycles. The lowest BCUT2D eigenvalue weighted by atomic mass is 10.0. The summed E-state index contributed by atoms with van der Waals surface area (Å²) in [6.45, 7) is 0. The van der Waals surface area contributed by atoms with E-state index in [0.717, 1.165) is 16.7 Å². The molecule has 6 aromatic carbocycles. The first-order chi connectivity index (χ1) is 21.8. The summed E-state index contributed by atoms with van der Waals surface area (Å²) < 4.78 is 4.97. The van der Waals surface area contributed by atoms with E-state index in [1.54, 1.807) is 11.3 Å². The summed E-state index contributed by atoms with van der Waals surface area (Å²) >= 11 is 3.62. The number of nitrogens with zero attached hydrogens (tertiary/aromatic N) is 3. The van der Waals surface area contributed by atoms with E-state index in [-0.39, 0.29) is 0 Å².